The van der Waals surface area contributed by atoms with Crippen molar-refractivity contribution in [3.05, 3.63) is 36.7 Å². The molecule has 0 spiro atoms. The normalized spacial score (nSPS) is 25.6. The van der Waals surface area contributed by atoms with Crippen LogP contribution in [0.5, 0.6) is 0 Å². The van der Waals surface area contributed by atoms with E-state index in [9.17, 15) is 13.2 Å². The minimum absolute atomic E-state index is 0.112. The van der Waals surface area contributed by atoms with E-state index in [-0.39, 0.29) is 24.2 Å². The molecule has 122 valence electrons. The van der Waals surface area contributed by atoms with Crippen molar-refractivity contribution in [2.24, 2.45) is 11.8 Å². The van der Waals surface area contributed by atoms with Crippen LogP contribution in [-0.4, -0.2) is 49.3 Å². The number of hydrogen-bond acceptors (Lipinski definition) is 4. The highest BCUT2D eigenvalue weighted by atomic mass is 32.2. The van der Waals surface area contributed by atoms with Crippen molar-refractivity contribution < 1.29 is 13.2 Å². The first-order valence-corrected chi connectivity index (χ1v) is 9.52. The maximum absolute atomic E-state index is 12.6. The highest BCUT2D eigenvalue weighted by Crippen LogP contribution is 2.30. The molecule has 2 aliphatic heterocycles. The zero-order chi connectivity index (χ0) is 16.2. The fourth-order valence-corrected chi connectivity index (χ4v) is 3.93. The van der Waals surface area contributed by atoms with E-state index in [2.05, 4.69) is 6.92 Å². The molecule has 1 unspecified atom stereocenters. The molecule has 2 heterocycles. The SMILES string of the molecule is CCC[C@H]1CN(S(C)(=O)=O)CC1C(=O)CN1C=CC=CC=C1. The van der Waals surface area contributed by atoms with Crippen LogP contribution in [0.25, 0.3) is 0 Å². The molecule has 1 fully saturated rings. The van der Waals surface area contributed by atoms with Crippen molar-refractivity contribution in [2.75, 3.05) is 25.9 Å². The molecule has 6 heteroatoms. The molecule has 0 radical (unpaired) electrons. The highest BCUT2D eigenvalue weighted by molar-refractivity contribution is 7.88. The van der Waals surface area contributed by atoms with Gasteiger partial charge in [-0.05, 0) is 24.5 Å². The van der Waals surface area contributed by atoms with E-state index in [1.807, 2.05) is 41.6 Å². The van der Waals surface area contributed by atoms with Crippen molar-refractivity contribution in [3.63, 3.8) is 0 Å². The van der Waals surface area contributed by atoms with Crippen LogP contribution >= 0.6 is 0 Å². The number of carbonyl (C=O) groups is 1. The summed E-state index contributed by atoms with van der Waals surface area (Å²) in [5.74, 6) is 0.0405. The van der Waals surface area contributed by atoms with Crippen LogP contribution in [0.1, 0.15) is 19.8 Å². The molecule has 2 rings (SSSR count). The molecule has 0 N–H and O–H groups in total. The first-order chi connectivity index (χ1) is 10.4. The minimum Gasteiger partial charge on any atom is -0.347 e. The molecule has 0 aromatic carbocycles. The highest BCUT2D eigenvalue weighted by Gasteiger charge is 2.40. The molecule has 2 aliphatic rings. The van der Waals surface area contributed by atoms with E-state index in [1.54, 1.807) is 0 Å². The molecule has 1 saturated heterocycles. The van der Waals surface area contributed by atoms with Gasteiger partial charge in [0, 0.05) is 31.4 Å². The molecule has 0 saturated carbocycles. The molecule has 0 aliphatic carbocycles. The van der Waals surface area contributed by atoms with Crippen molar-refractivity contribution >= 4 is 15.8 Å². The fraction of sp³-hybridized carbons (Fsp3) is 0.562. The lowest BCUT2D eigenvalue weighted by Gasteiger charge is -2.20. The van der Waals surface area contributed by atoms with E-state index in [4.69, 9.17) is 0 Å². The Kier molecular flexibility index (Phi) is 5.58. The van der Waals surface area contributed by atoms with Gasteiger partial charge in [-0.25, -0.2) is 12.7 Å². The standard InChI is InChI=1S/C16H24N2O3S/c1-3-8-14-11-18(22(2,20)21)12-15(14)16(19)13-17-9-6-4-5-7-10-17/h4-7,9-10,14-15H,3,8,11-13H2,1-2H3/t14-,15?/m0/s1. The second kappa shape index (κ2) is 7.24. The third-order valence-electron chi connectivity index (χ3n) is 4.18. The van der Waals surface area contributed by atoms with Crippen LogP contribution in [0.2, 0.25) is 0 Å². The third kappa shape index (κ3) is 4.30. The number of Topliss-reactive ketones (excluding diaryl/α,β-unsaturated/α-hetero) is 1. The van der Waals surface area contributed by atoms with Crippen LogP contribution in [0.4, 0.5) is 0 Å². The van der Waals surface area contributed by atoms with Gasteiger partial charge in [-0.2, -0.15) is 0 Å². The maximum Gasteiger partial charge on any atom is 0.211 e. The van der Waals surface area contributed by atoms with Crippen molar-refractivity contribution in [1.29, 1.82) is 0 Å². The Morgan fingerprint density at radius 2 is 1.77 bits per heavy atom. The molecule has 0 aromatic heterocycles. The van der Waals surface area contributed by atoms with Gasteiger partial charge in [0.2, 0.25) is 10.0 Å². The van der Waals surface area contributed by atoms with Crippen LogP contribution in [0.3, 0.4) is 0 Å². The zero-order valence-corrected chi connectivity index (χ0v) is 14.0. The first-order valence-electron chi connectivity index (χ1n) is 7.67. The Balaban J connectivity index is 2.06. The molecular weight excluding hydrogens is 300 g/mol. The fourth-order valence-electron chi connectivity index (χ4n) is 3.03. The number of nitrogens with zero attached hydrogens (tertiary/aromatic N) is 2. The number of sulfonamides is 1. The Bertz CT molecular complexity index is 577. The summed E-state index contributed by atoms with van der Waals surface area (Å²) in [6.45, 7) is 3.14. The molecule has 0 aromatic rings. The summed E-state index contributed by atoms with van der Waals surface area (Å²) < 4.78 is 25.0. The molecule has 22 heavy (non-hydrogen) atoms. The average Bonchev–Trinajstić information content (AvgIpc) is 2.70. The summed E-state index contributed by atoms with van der Waals surface area (Å²) in [6, 6.07) is 0. The molecule has 5 nitrogen and oxygen atoms in total. The largest absolute Gasteiger partial charge is 0.347 e. The summed E-state index contributed by atoms with van der Waals surface area (Å²) in [6.07, 6.45) is 14.3. The predicted molar refractivity (Wildman–Crippen MR) is 87.4 cm³/mol. The zero-order valence-electron chi connectivity index (χ0n) is 13.2. The number of allylic oxidation sites excluding steroid dienone is 4. The predicted octanol–water partition coefficient (Wildman–Crippen LogP) is 1.76. The summed E-state index contributed by atoms with van der Waals surface area (Å²) in [5, 5.41) is 0. The van der Waals surface area contributed by atoms with Crippen molar-refractivity contribution in [1.82, 2.24) is 9.21 Å². The number of ketones is 1. The Labute approximate surface area is 133 Å². The Morgan fingerprint density at radius 1 is 1.14 bits per heavy atom. The van der Waals surface area contributed by atoms with Crippen LogP contribution in [0, 0.1) is 11.8 Å². The number of hydrogen-bond donors (Lipinski definition) is 0. The third-order valence-corrected chi connectivity index (χ3v) is 5.41. The lowest BCUT2D eigenvalue weighted by atomic mass is 9.88. The number of carbonyl (C=O) groups excluding carboxylic acids is 1. The van der Waals surface area contributed by atoms with Gasteiger partial charge in [0.15, 0.2) is 5.78 Å². The Morgan fingerprint density at radius 3 is 2.32 bits per heavy atom. The van der Waals surface area contributed by atoms with Gasteiger partial charge in [0.25, 0.3) is 0 Å². The van der Waals surface area contributed by atoms with Crippen molar-refractivity contribution in [3.8, 4) is 0 Å². The smallest absolute Gasteiger partial charge is 0.211 e. The van der Waals surface area contributed by atoms with E-state index < -0.39 is 10.0 Å². The van der Waals surface area contributed by atoms with Crippen molar-refractivity contribution in [2.45, 2.75) is 19.8 Å². The van der Waals surface area contributed by atoms with Crippen LogP contribution < -0.4 is 0 Å². The second-order valence-electron chi connectivity index (χ2n) is 5.94. The van der Waals surface area contributed by atoms with E-state index in [1.165, 1.54) is 10.6 Å². The first kappa shape index (κ1) is 17.0. The van der Waals surface area contributed by atoms with Gasteiger partial charge in [0.1, 0.15) is 0 Å². The van der Waals surface area contributed by atoms with Crippen LogP contribution in [0.15, 0.2) is 36.7 Å². The quantitative estimate of drug-likeness (QED) is 0.747. The average molecular weight is 324 g/mol. The van der Waals surface area contributed by atoms with Gasteiger partial charge in [-0.1, -0.05) is 25.5 Å². The molecular formula is C16H24N2O3S. The van der Waals surface area contributed by atoms with E-state index in [0.29, 0.717) is 13.1 Å². The Hall–Kier alpha value is -1.40. The van der Waals surface area contributed by atoms with Gasteiger partial charge < -0.3 is 4.90 Å². The summed E-state index contributed by atoms with van der Waals surface area (Å²) in [7, 11) is -3.23. The molecule has 0 amide bonds. The van der Waals surface area contributed by atoms with Gasteiger partial charge in [0.05, 0.1) is 12.8 Å². The lowest BCUT2D eigenvalue weighted by molar-refractivity contribution is -0.123. The molecule has 0 bridgehead atoms. The summed E-state index contributed by atoms with van der Waals surface area (Å²) in [5.41, 5.74) is 0. The van der Waals surface area contributed by atoms with E-state index in [0.717, 1.165) is 12.8 Å². The second-order valence-corrected chi connectivity index (χ2v) is 7.92. The lowest BCUT2D eigenvalue weighted by Crippen LogP contribution is -2.32. The van der Waals surface area contributed by atoms with Gasteiger partial charge >= 0.3 is 0 Å². The van der Waals surface area contributed by atoms with Gasteiger partial charge in [-0.3, -0.25) is 4.79 Å². The minimum atomic E-state index is -3.23. The molecule has 2 atom stereocenters. The number of rotatable bonds is 6. The van der Waals surface area contributed by atoms with Crippen LogP contribution in [-0.2, 0) is 14.8 Å². The maximum atomic E-state index is 12.6. The summed E-state index contributed by atoms with van der Waals surface area (Å²) >= 11 is 0. The summed E-state index contributed by atoms with van der Waals surface area (Å²) in [4.78, 5) is 14.5. The topological polar surface area (TPSA) is 57.7 Å². The monoisotopic (exact) mass is 324 g/mol. The van der Waals surface area contributed by atoms with E-state index >= 15 is 0 Å². The van der Waals surface area contributed by atoms with Gasteiger partial charge in [-0.15, -0.1) is 0 Å².